The van der Waals surface area contributed by atoms with E-state index >= 15 is 0 Å². The van der Waals surface area contributed by atoms with E-state index in [9.17, 15) is 21.6 Å². The molecule has 11 heteroatoms. The van der Waals surface area contributed by atoms with Crippen molar-refractivity contribution in [2.24, 2.45) is 0 Å². The van der Waals surface area contributed by atoms with Gasteiger partial charge in [-0.05, 0) is 37.1 Å². The first-order chi connectivity index (χ1) is 15.2. The van der Waals surface area contributed by atoms with E-state index in [-0.39, 0.29) is 53.4 Å². The predicted octanol–water partition coefficient (Wildman–Crippen LogP) is 2.03. The average Bonchev–Trinajstić information content (AvgIpc) is 3.30. The summed E-state index contributed by atoms with van der Waals surface area (Å²) < 4.78 is 54.6. The average molecular weight is 498 g/mol. The Labute approximate surface area is 193 Å². The summed E-state index contributed by atoms with van der Waals surface area (Å²) >= 11 is 6.07. The zero-order valence-electron chi connectivity index (χ0n) is 17.3. The van der Waals surface area contributed by atoms with Crippen molar-refractivity contribution in [2.75, 3.05) is 32.7 Å². The van der Waals surface area contributed by atoms with Gasteiger partial charge in [0.15, 0.2) is 0 Å². The molecule has 0 aliphatic carbocycles. The van der Waals surface area contributed by atoms with Crippen molar-refractivity contribution in [3.05, 3.63) is 59.6 Å². The van der Waals surface area contributed by atoms with Crippen molar-refractivity contribution in [3.63, 3.8) is 0 Å². The Kier molecular flexibility index (Phi) is 6.60. The Bertz CT molecular complexity index is 1200. The first-order valence-electron chi connectivity index (χ1n) is 10.3. The lowest BCUT2D eigenvalue weighted by Crippen LogP contribution is -2.55. The molecule has 1 amide bonds. The van der Waals surface area contributed by atoms with Crippen LogP contribution in [-0.2, 0) is 24.8 Å². The fraction of sp³-hybridized carbons (Fsp3) is 0.381. The van der Waals surface area contributed by atoms with Crippen molar-refractivity contribution in [3.8, 4) is 0 Å². The Morgan fingerprint density at radius 2 is 1.44 bits per heavy atom. The summed E-state index contributed by atoms with van der Waals surface area (Å²) in [5.74, 6) is -0.281. The number of piperazine rings is 1. The molecular weight excluding hydrogens is 474 g/mol. The molecule has 2 heterocycles. The normalized spacial score (nSPS) is 21.0. The number of hydrogen-bond acceptors (Lipinski definition) is 5. The van der Waals surface area contributed by atoms with Crippen LogP contribution in [0.3, 0.4) is 0 Å². The number of halogens is 1. The molecule has 2 aliphatic heterocycles. The van der Waals surface area contributed by atoms with Gasteiger partial charge in [0.05, 0.1) is 9.92 Å². The van der Waals surface area contributed by atoms with Crippen molar-refractivity contribution < 1.29 is 21.6 Å². The highest BCUT2D eigenvalue weighted by Crippen LogP contribution is 2.29. The van der Waals surface area contributed by atoms with E-state index in [1.807, 2.05) is 0 Å². The number of nitrogens with zero attached hydrogens (tertiary/aromatic N) is 3. The van der Waals surface area contributed by atoms with Crippen molar-refractivity contribution >= 4 is 37.6 Å². The van der Waals surface area contributed by atoms with E-state index in [2.05, 4.69) is 0 Å². The fourth-order valence-corrected chi connectivity index (χ4v) is 7.74. The van der Waals surface area contributed by atoms with Crippen LogP contribution in [0.25, 0.3) is 0 Å². The molecule has 8 nitrogen and oxygen atoms in total. The van der Waals surface area contributed by atoms with Gasteiger partial charge < -0.3 is 4.90 Å². The molecule has 2 fully saturated rings. The zero-order chi connectivity index (χ0) is 22.9. The van der Waals surface area contributed by atoms with Crippen LogP contribution >= 0.6 is 11.6 Å². The summed E-state index contributed by atoms with van der Waals surface area (Å²) in [6.07, 6.45) is 1.05. The lowest BCUT2D eigenvalue weighted by molar-refractivity contribution is -0.135. The Morgan fingerprint density at radius 1 is 0.812 bits per heavy atom. The van der Waals surface area contributed by atoms with Gasteiger partial charge in [0, 0.05) is 32.7 Å². The molecule has 0 saturated carbocycles. The summed E-state index contributed by atoms with van der Waals surface area (Å²) in [5.41, 5.74) is 0. The maximum Gasteiger partial charge on any atom is 0.244 e. The Morgan fingerprint density at radius 3 is 2.09 bits per heavy atom. The Hall–Kier alpha value is -1.98. The van der Waals surface area contributed by atoms with E-state index in [1.54, 1.807) is 35.2 Å². The van der Waals surface area contributed by atoms with E-state index in [0.717, 1.165) is 0 Å². The minimum Gasteiger partial charge on any atom is -0.339 e. The molecule has 1 unspecified atom stereocenters. The van der Waals surface area contributed by atoms with E-state index in [0.29, 0.717) is 12.8 Å². The molecule has 2 aliphatic rings. The second kappa shape index (κ2) is 9.11. The van der Waals surface area contributed by atoms with Gasteiger partial charge in [0.1, 0.15) is 10.9 Å². The quantitative estimate of drug-likeness (QED) is 0.630. The van der Waals surface area contributed by atoms with Crippen LogP contribution in [-0.4, -0.2) is 75.0 Å². The van der Waals surface area contributed by atoms with E-state index < -0.39 is 26.1 Å². The maximum atomic E-state index is 13.2. The lowest BCUT2D eigenvalue weighted by Gasteiger charge is -2.36. The second-order valence-corrected chi connectivity index (χ2v) is 12.0. The molecule has 1 atom stereocenters. The number of carbonyl (C=O) groups excluding carboxylic acids is 1. The van der Waals surface area contributed by atoms with Crippen molar-refractivity contribution in [2.45, 2.75) is 28.7 Å². The van der Waals surface area contributed by atoms with Gasteiger partial charge in [0.2, 0.25) is 26.0 Å². The van der Waals surface area contributed by atoms with Gasteiger partial charge in [-0.25, -0.2) is 16.8 Å². The zero-order valence-corrected chi connectivity index (χ0v) is 19.7. The number of hydrogen-bond donors (Lipinski definition) is 0. The summed E-state index contributed by atoms with van der Waals surface area (Å²) in [4.78, 5) is 15.0. The molecule has 0 bridgehead atoms. The number of rotatable bonds is 5. The summed E-state index contributed by atoms with van der Waals surface area (Å²) in [5, 5.41) is 0.152. The van der Waals surface area contributed by atoms with Crippen molar-refractivity contribution in [1.29, 1.82) is 0 Å². The molecule has 0 radical (unpaired) electrons. The molecule has 2 aromatic rings. The third-order valence-electron chi connectivity index (χ3n) is 5.84. The van der Waals surface area contributed by atoms with Gasteiger partial charge in [-0.3, -0.25) is 4.79 Å². The van der Waals surface area contributed by atoms with Crippen LogP contribution in [0.5, 0.6) is 0 Å². The highest BCUT2D eigenvalue weighted by molar-refractivity contribution is 7.89. The molecule has 0 spiro atoms. The summed E-state index contributed by atoms with van der Waals surface area (Å²) in [7, 11) is -7.56. The summed E-state index contributed by atoms with van der Waals surface area (Å²) in [6.45, 7) is 0.917. The SMILES string of the molecule is O=C(C1CCCN1S(=O)(=O)c1ccccc1)N1CCN(S(=O)(=O)c2ccccc2Cl)CC1. The maximum absolute atomic E-state index is 13.2. The van der Waals surface area contributed by atoms with Crippen molar-refractivity contribution in [1.82, 2.24) is 13.5 Å². The van der Waals surface area contributed by atoms with Gasteiger partial charge in [-0.2, -0.15) is 8.61 Å². The molecule has 0 N–H and O–H groups in total. The first-order valence-corrected chi connectivity index (χ1v) is 13.6. The molecule has 32 heavy (non-hydrogen) atoms. The molecule has 2 aromatic carbocycles. The number of sulfonamides is 2. The van der Waals surface area contributed by atoms with Crippen LogP contribution in [0.2, 0.25) is 5.02 Å². The number of carbonyl (C=O) groups is 1. The summed E-state index contributed by atoms with van der Waals surface area (Å²) in [6, 6.07) is 13.6. The number of amides is 1. The third-order valence-corrected chi connectivity index (χ3v) is 10.2. The Balaban J connectivity index is 1.46. The second-order valence-electron chi connectivity index (χ2n) is 7.75. The lowest BCUT2D eigenvalue weighted by atomic mass is 10.2. The molecule has 0 aromatic heterocycles. The van der Waals surface area contributed by atoms with Crippen LogP contribution in [0.15, 0.2) is 64.4 Å². The predicted molar refractivity (Wildman–Crippen MR) is 120 cm³/mol. The van der Waals surface area contributed by atoms with Gasteiger partial charge >= 0.3 is 0 Å². The standard InChI is InChI=1S/C21H24ClN3O5S2/c22-18-9-4-5-11-20(18)32(29,30)24-15-13-23(14-16-24)21(26)19-10-6-12-25(19)31(27,28)17-7-2-1-3-8-17/h1-5,7-9,11,19H,6,10,12-16H2. The van der Waals surface area contributed by atoms with Crippen LogP contribution in [0.4, 0.5) is 0 Å². The highest BCUT2D eigenvalue weighted by Gasteiger charge is 2.42. The molecule has 172 valence electrons. The number of benzene rings is 2. The van der Waals surface area contributed by atoms with E-state index in [4.69, 9.17) is 11.6 Å². The monoisotopic (exact) mass is 497 g/mol. The minimum atomic E-state index is -3.78. The molecule has 2 saturated heterocycles. The largest absolute Gasteiger partial charge is 0.339 e. The topological polar surface area (TPSA) is 95.1 Å². The van der Waals surface area contributed by atoms with Crippen LogP contribution < -0.4 is 0 Å². The fourth-order valence-electron chi connectivity index (χ4n) is 4.16. The third kappa shape index (κ3) is 4.29. The van der Waals surface area contributed by atoms with Gasteiger partial charge in [0.25, 0.3) is 0 Å². The highest BCUT2D eigenvalue weighted by atomic mass is 35.5. The molecule has 4 rings (SSSR count). The first kappa shape index (κ1) is 23.2. The smallest absolute Gasteiger partial charge is 0.244 e. The molecular formula is C21H24ClN3O5S2. The van der Waals surface area contributed by atoms with Crippen LogP contribution in [0.1, 0.15) is 12.8 Å². The minimum absolute atomic E-state index is 0.0392. The van der Waals surface area contributed by atoms with Crippen LogP contribution in [0, 0.1) is 0 Å². The van der Waals surface area contributed by atoms with Gasteiger partial charge in [-0.1, -0.05) is 41.9 Å². The van der Waals surface area contributed by atoms with Gasteiger partial charge in [-0.15, -0.1) is 0 Å². The van der Waals surface area contributed by atoms with E-state index in [1.165, 1.54) is 32.9 Å².